The number of benzene rings is 3. The third kappa shape index (κ3) is 9.62. The van der Waals surface area contributed by atoms with E-state index in [2.05, 4.69) is 108 Å². The Bertz CT molecular complexity index is 2240. The number of hydrogen-bond acceptors (Lipinski definition) is 5. The summed E-state index contributed by atoms with van der Waals surface area (Å²) in [6, 6.07) is 25.7. The molecule has 0 saturated heterocycles. The van der Waals surface area contributed by atoms with Crippen LogP contribution in [0.5, 0.6) is 0 Å². The zero-order valence-electron chi connectivity index (χ0n) is 34.1. The SMILES string of the molecule is CCC(CC)C(=O)/C=C(\O)C(CC)CC.Cc1cc2c(-c3ccc4c(CC(C)C)c(C)sc4c3)cc(-c3[c-]c4ccccc4c(C(C)(C)C)c3)nc2o1.[Ir]. The molecule has 1 N–H and O–H groups in total. The van der Waals surface area contributed by atoms with Crippen LogP contribution in [0, 0.1) is 37.7 Å². The number of fused-ring (bicyclic) bond motifs is 3. The second kappa shape index (κ2) is 18.4. The number of rotatable bonds is 11. The molecule has 1 radical (unpaired) electrons. The quantitative estimate of drug-likeness (QED) is 0.0799. The number of aliphatic hydroxyl groups is 1. The summed E-state index contributed by atoms with van der Waals surface area (Å²) in [6.45, 7) is 23.7. The van der Waals surface area contributed by atoms with Gasteiger partial charge in [0.15, 0.2) is 5.78 Å². The topological polar surface area (TPSA) is 63.3 Å². The van der Waals surface area contributed by atoms with E-state index in [4.69, 9.17) is 9.40 Å². The maximum Gasteiger partial charge on any atom is 0.219 e. The summed E-state index contributed by atoms with van der Waals surface area (Å²) < 4.78 is 7.45. The van der Waals surface area contributed by atoms with Gasteiger partial charge < -0.3 is 9.52 Å². The molecule has 0 amide bonds. The molecule has 0 aliphatic heterocycles. The van der Waals surface area contributed by atoms with Gasteiger partial charge in [-0.2, -0.15) is 0 Å². The Kier molecular flexibility index (Phi) is 14.7. The molecule has 3 heterocycles. The van der Waals surface area contributed by atoms with Gasteiger partial charge in [0, 0.05) is 58.7 Å². The molecule has 0 saturated carbocycles. The van der Waals surface area contributed by atoms with Crippen LogP contribution < -0.4 is 0 Å². The van der Waals surface area contributed by atoms with E-state index in [1.165, 1.54) is 43.1 Å². The van der Waals surface area contributed by atoms with Crippen molar-refractivity contribution in [2.24, 2.45) is 17.8 Å². The average Bonchev–Trinajstić information content (AvgIpc) is 3.65. The minimum atomic E-state index is -0.00653. The molecule has 0 unspecified atom stereocenters. The van der Waals surface area contributed by atoms with E-state index in [-0.39, 0.29) is 48.9 Å². The molecule has 54 heavy (non-hydrogen) atoms. The van der Waals surface area contributed by atoms with Gasteiger partial charge >= 0.3 is 0 Å². The Morgan fingerprint density at radius 2 is 1.56 bits per heavy atom. The number of allylic oxidation sites excluding steroid dienone is 2. The molecule has 3 aromatic heterocycles. The van der Waals surface area contributed by atoms with E-state index in [9.17, 15) is 9.90 Å². The summed E-state index contributed by atoms with van der Waals surface area (Å²) in [4.78, 5) is 18.1. The maximum absolute atomic E-state index is 11.7. The monoisotopic (exact) mass is 921 g/mol. The average molecular weight is 921 g/mol. The van der Waals surface area contributed by atoms with Crippen LogP contribution in [-0.2, 0) is 36.7 Å². The number of carbonyl (C=O) groups is 1. The van der Waals surface area contributed by atoms with Crippen molar-refractivity contribution in [2.75, 3.05) is 0 Å². The fourth-order valence-electron chi connectivity index (χ4n) is 7.38. The van der Waals surface area contributed by atoms with E-state index in [0.717, 1.165) is 65.5 Å². The Morgan fingerprint density at radius 3 is 2.19 bits per heavy atom. The number of ketones is 1. The van der Waals surface area contributed by atoms with Crippen molar-refractivity contribution in [1.29, 1.82) is 0 Å². The molecule has 3 aromatic carbocycles. The summed E-state index contributed by atoms with van der Waals surface area (Å²) >= 11 is 1.90. The summed E-state index contributed by atoms with van der Waals surface area (Å²) in [5, 5.41) is 14.6. The predicted octanol–water partition coefficient (Wildman–Crippen LogP) is 14.3. The van der Waals surface area contributed by atoms with Crippen LogP contribution in [0.2, 0.25) is 0 Å². The van der Waals surface area contributed by atoms with Gasteiger partial charge in [-0.05, 0) is 91.5 Å². The normalized spacial score (nSPS) is 12.2. The molecule has 0 spiro atoms. The molecule has 0 atom stereocenters. The summed E-state index contributed by atoms with van der Waals surface area (Å²) in [5.41, 5.74) is 7.70. The van der Waals surface area contributed by atoms with Gasteiger partial charge in [0.05, 0.1) is 5.76 Å². The van der Waals surface area contributed by atoms with E-state index < -0.39 is 0 Å². The molecule has 289 valence electrons. The standard InChI is InChI=1S/C35H34NOS.C13H24O2.Ir/c1-20(2)14-28-22(4)38-33-18-24(12-13-27(28)33)29-19-32(36-34-30(29)15-21(3)37-34)25-16-23-10-8-9-11-26(23)31(17-25)35(5,6)7;1-5-10(6-2)12(14)9-13(15)11(7-3)8-4;/h8-13,15,17-20H,14H2,1-7H3;9-11,14H,5-8H2,1-4H3;/q-1;;/b;12-9-;. The van der Waals surface area contributed by atoms with Crippen molar-refractivity contribution in [3.05, 3.63) is 100 Å². The van der Waals surface area contributed by atoms with Crippen molar-refractivity contribution in [2.45, 2.75) is 114 Å². The number of carbonyl (C=O) groups excluding carboxylic acids is 1. The molecular weight excluding hydrogens is 863 g/mol. The van der Waals surface area contributed by atoms with Crippen molar-refractivity contribution in [3.8, 4) is 22.4 Å². The van der Waals surface area contributed by atoms with Crippen LogP contribution in [0.15, 0.2) is 76.9 Å². The number of pyridine rings is 1. The van der Waals surface area contributed by atoms with E-state index >= 15 is 0 Å². The Hall–Kier alpha value is -3.57. The van der Waals surface area contributed by atoms with Crippen LogP contribution in [-0.4, -0.2) is 15.9 Å². The minimum absolute atomic E-state index is 0. The van der Waals surface area contributed by atoms with Crippen molar-refractivity contribution < 1.29 is 34.4 Å². The minimum Gasteiger partial charge on any atom is -0.512 e. The van der Waals surface area contributed by atoms with E-state index in [0.29, 0.717) is 11.6 Å². The first kappa shape index (κ1) is 43.2. The van der Waals surface area contributed by atoms with Gasteiger partial charge in [-0.1, -0.05) is 110 Å². The molecule has 6 aromatic rings. The second-order valence-corrected chi connectivity index (χ2v) is 17.2. The maximum atomic E-state index is 11.7. The molecule has 6 rings (SSSR count). The molecule has 0 aliphatic carbocycles. The van der Waals surface area contributed by atoms with Gasteiger partial charge in [-0.25, -0.2) is 0 Å². The number of aromatic nitrogens is 1. The Labute approximate surface area is 340 Å². The van der Waals surface area contributed by atoms with Crippen LogP contribution in [0.1, 0.15) is 110 Å². The van der Waals surface area contributed by atoms with Crippen LogP contribution in [0.3, 0.4) is 0 Å². The van der Waals surface area contributed by atoms with Crippen molar-refractivity contribution in [3.63, 3.8) is 0 Å². The van der Waals surface area contributed by atoms with Gasteiger partial charge in [-0.3, -0.25) is 9.78 Å². The third-order valence-electron chi connectivity index (χ3n) is 10.5. The van der Waals surface area contributed by atoms with E-state index in [1.807, 2.05) is 46.0 Å². The first-order chi connectivity index (χ1) is 25.2. The zero-order chi connectivity index (χ0) is 38.6. The fraction of sp³-hybridized carbons (Fsp3) is 0.417. The van der Waals surface area contributed by atoms with Gasteiger partial charge in [-0.15, -0.1) is 40.5 Å². The largest absolute Gasteiger partial charge is 0.512 e. The van der Waals surface area contributed by atoms with Gasteiger partial charge in [0.1, 0.15) is 5.76 Å². The first-order valence-electron chi connectivity index (χ1n) is 19.5. The smallest absolute Gasteiger partial charge is 0.219 e. The van der Waals surface area contributed by atoms with Gasteiger partial charge in [0.2, 0.25) is 5.71 Å². The van der Waals surface area contributed by atoms with E-state index in [1.54, 1.807) is 0 Å². The predicted molar refractivity (Wildman–Crippen MR) is 227 cm³/mol. The van der Waals surface area contributed by atoms with Crippen molar-refractivity contribution in [1.82, 2.24) is 4.98 Å². The second-order valence-electron chi connectivity index (χ2n) is 16.0. The molecular formula is C48H58IrNO3S-. The first-order valence-corrected chi connectivity index (χ1v) is 20.3. The molecule has 6 heteroatoms. The number of aryl methyl sites for hydroxylation is 2. The number of thiophene rings is 1. The number of aliphatic hydroxyl groups excluding tert-OH is 1. The van der Waals surface area contributed by atoms with Gasteiger partial charge in [0.25, 0.3) is 0 Å². The summed E-state index contributed by atoms with van der Waals surface area (Å²) in [6.07, 6.45) is 6.02. The third-order valence-corrected chi connectivity index (χ3v) is 11.6. The summed E-state index contributed by atoms with van der Waals surface area (Å²) in [7, 11) is 0. The molecule has 4 nitrogen and oxygen atoms in total. The van der Waals surface area contributed by atoms with Crippen molar-refractivity contribution >= 4 is 49.1 Å². The zero-order valence-corrected chi connectivity index (χ0v) is 37.3. The Balaban J connectivity index is 0.000000347. The Morgan fingerprint density at radius 1 is 0.889 bits per heavy atom. The number of nitrogens with zero attached hydrogens (tertiary/aromatic N) is 1. The molecule has 0 fully saturated rings. The fourth-order valence-corrected chi connectivity index (χ4v) is 8.51. The van der Waals surface area contributed by atoms with Crippen LogP contribution in [0.25, 0.3) is 54.3 Å². The molecule has 0 aliphatic rings. The molecule has 0 bridgehead atoms. The van der Waals surface area contributed by atoms with Crippen LogP contribution >= 0.6 is 11.3 Å². The number of furan rings is 1. The van der Waals surface area contributed by atoms with Crippen LogP contribution in [0.4, 0.5) is 0 Å². The number of hydrogen-bond donors (Lipinski definition) is 1. The summed E-state index contributed by atoms with van der Waals surface area (Å²) in [5.74, 6) is 2.06.